The number of anilines is 1. The van der Waals surface area contributed by atoms with Crippen LogP contribution in [0.5, 0.6) is 0 Å². The Kier molecular flexibility index (Phi) is 4.10. The van der Waals surface area contributed by atoms with Crippen molar-refractivity contribution in [2.24, 2.45) is 0 Å². The maximum Gasteiger partial charge on any atom is 0.129 e. The summed E-state index contributed by atoms with van der Waals surface area (Å²) in [6.45, 7) is 3.90. The molecule has 5 heteroatoms. The smallest absolute Gasteiger partial charge is 0.129 e. The molecule has 1 aromatic carbocycles. The highest BCUT2D eigenvalue weighted by atomic mass is 19.1. The Labute approximate surface area is 123 Å². The summed E-state index contributed by atoms with van der Waals surface area (Å²) in [7, 11) is 0. The van der Waals surface area contributed by atoms with Gasteiger partial charge in [-0.3, -0.25) is 0 Å². The van der Waals surface area contributed by atoms with E-state index < -0.39 is 0 Å². The number of halogens is 1. The Morgan fingerprint density at radius 2 is 2.24 bits per heavy atom. The van der Waals surface area contributed by atoms with Gasteiger partial charge in [0.15, 0.2) is 0 Å². The molecule has 1 aromatic heterocycles. The van der Waals surface area contributed by atoms with Gasteiger partial charge in [-0.2, -0.15) is 0 Å². The number of ether oxygens (including phenoxy) is 1. The van der Waals surface area contributed by atoms with Gasteiger partial charge >= 0.3 is 0 Å². The molecule has 0 aliphatic carbocycles. The second kappa shape index (κ2) is 6.18. The number of hydrogen-bond donors (Lipinski definition) is 1. The third kappa shape index (κ3) is 3.36. The highest BCUT2D eigenvalue weighted by Gasteiger charge is 2.19. The maximum absolute atomic E-state index is 13.2. The van der Waals surface area contributed by atoms with Crippen molar-refractivity contribution < 1.29 is 9.13 Å². The van der Waals surface area contributed by atoms with Crippen molar-refractivity contribution in [3.05, 3.63) is 53.2 Å². The molecule has 110 valence electrons. The third-order valence-corrected chi connectivity index (χ3v) is 3.73. The highest BCUT2D eigenvalue weighted by molar-refractivity contribution is 5.37. The molecule has 0 saturated carbocycles. The predicted octanol–water partition coefficient (Wildman–Crippen LogP) is 3.04. The van der Waals surface area contributed by atoms with Gasteiger partial charge in [-0.1, -0.05) is 12.1 Å². The fourth-order valence-electron chi connectivity index (χ4n) is 2.47. The molecule has 1 saturated heterocycles. The minimum atomic E-state index is -0.177. The first kappa shape index (κ1) is 13.9. The van der Waals surface area contributed by atoms with Crippen LogP contribution < -0.4 is 5.32 Å². The summed E-state index contributed by atoms with van der Waals surface area (Å²) in [5.41, 5.74) is 2.69. The molecule has 0 bridgehead atoms. The number of aromatic nitrogens is 2. The zero-order valence-electron chi connectivity index (χ0n) is 12.0. The molecule has 1 atom stereocenters. The number of nitrogens with zero attached hydrogens (tertiary/aromatic N) is 2. The van der Waals surface area contributed by atoms with Crippen LogP contribution in [0, 0.1) is 12.7 Å². The summed E-state index contributed by atoms with van der Waals surface area (Å²) in [4.78, 5) is 8.55. The summed E-state index contributed by atoms with van der Waals surface area (Å²) in [5.74, 6) is 0.972. The molecule has 4 nitrogen and oxygen atoms in total. The fourth-order valence-corrected chi connectivity index (χ4v) is 2.47. The topological polar surface area (TPSA) is 47.0 Å². The quantitative estimate of drug-likeness (QED) is 0.939. The van der Waals surface area contributed by atoms with E-state index in [9.17, 15) is 4.39 Å². The number of rotatable bonds is 4. The zero-order valence-corrected chi connectivity index (χ0v) is 12.0. The normalized spacial score (nSPS) is 17.9. The molecule has 0 unspecified atom stereocenters. The lowest BCUT2D eigenvalue weighted by Gasteiger charge is -2.10. The summed E-state index contributed by atoms with van der Waals surface area (Å²) in [5, 5.41) is 3.26. The van der Waals surface area contributed by atoms with Gasteiger partial charge in [-0.05, 0) is 30.5 Å². The van der Waals surface area contributed by atoms with Gasteiger partial charge in [0.1, 0.15) is 18.0 Å². The number of aryl methyl sites for hydroxylation is 1. The van der Waals surface area contributed by atoms with Crippen LogP contribution in [0.15, 0.2) is 30.6 Å². The Bertz CT molecular complexity index is 627. The summed E-state index contributed by atoms with van der Waals surface area (Å²) < 4.78 is 18.6. The van der Waals surface area contributed by atoms with Crippen molar-refractivity contribution in [2.45, 2.75) is 25.8 Å². The van der Waals surface area contributed by atoms with Crippen molar-refractivity contribution in [1.82, 2.24) is 9.97 Å². The Hall–Kier alpha value is -2.01. The monoisotopic (exact) mass is 287 g/mol. The van der Waals surface area contributed by atoms with Crippen LogP contribution in [0.2, 0.25) is 0 Å². The van der Waals surface area contributed by atoms with Crippen LogP contribution >= 0.6 is 0 Å². The van der Waals surface area contributed by atoms with Crippen molar-refractivity contribution in [2.75, 3.05) is 18.5 Å². The Morgan fingerprint density at radius 3 is 3.00 bits per heavy atom. The van der Waals surface area contributed by atoms with E-state index in [0.29, 0.717) is 18.0 Å². The van der Waals surface area contributed by atoms with Gasteiger partial charge in [0.2, 0.25) is 0 Å². The first-order chi connectivity index (χ1) is 10.2. The van der Waals surface area contributed by atoms with Crippen LogP contribution in [-0.4, -0.2) is 23.2 Å². The largest absolute Gasteiger partial charge is 0.381 e. The fraction of sp³-hybridized carbons (Fsp3) is 0.375. The van der Waals surface area contributed by atoms with E-state index >= 15 is 0 Å². The molecular formula is C16H18FN3O. The van der Waals surface area contributed by atoms with E-state index in [0.717, 1.165) is 36.7 Å². The van der Waals surface area contributed by atoms with Gasteiger partial charge in [-0.25, -0.2) is 14.4 Å². The molecule has 1 aliphatic heterocycles. The molecule has 2 aromatic rings. The molecule has 1 fully saturated rings. The maximum atomic E-state index is 13.2. The number of hydrogen-bond acceptors (Lipinski definition) is 4. The first-order valence-electron chi connectivity index (χ1n) is 7.11. The molecule has 2 heterocycles. The van der Waals surface area contributed by atoms with Crippen LogP contribution in [0.25, 0.3) is 0 Å². The third-order valence-electron chi connectivity index (χ3n) is 3.73. The zero-order chi connectivity index (χ0) is 14.7. The second-order valence-corrected chi connectivity index (χ2v) is 5.33. The van der Waals surface area contributed by atoms with Crippen LogP contribution in [0.1, 0.15) is 29.2 Å². The van der Waals surface area contributed by atoms with E-state index in [1.165, 1.54) is 6.07 Å². The van der Waals surface area contributed by atoms with Crippen LogP contribution in [-0.2, 0) is 11.3 Å². The predicted molar refractivity (Wildman–Crippen MR) is 78.7 cm³/mol. The average Bonchev–Trinajstić information content (AvgIpc) is 3.03. The molecular weight excluding hydrogens is 269 g/mol. The van der Waals surface area contributed by atoms with Crippen LogP contribution in [0.3, 0.4) is 0 Å². The molecule has 0 spiro atoms. The summed E-state index contributed by atoms with van der Waals surface area (Å²) in [6, 6.07) is 7.08. The number of benzene rings is 1. The first-order valence-corrected chi connectivity index (χ1v) is 7.11. The summed E-state index contributed by atoms with van der Waals surface area (Å²) >= 11 is 0. The minimum absolute atomic E-state index is 0.177. The van der Waals surface area contributed by atoms with E-state index in [2.05, 4.69) is 15.3 Å². The van der Waals surface area contributed by atoms with Crippen molar-refractivity contribution in [3.63, 3.8) is 0 Å². The summed E-state index contributed by atoms with van der Waals surface area (Å²) in [6.07, 6.45) is 2.58. The lowest BCUT2D eigenvalue weighted by atomic mass is 10.0. The average molecular weight is 287 g/mol. The van der Waals surface area contributed by atoms with Gasteiger partial charge in [0, 0.05) is 25.1 Å². The molecule has 1 aliphatic rings. The Balaban J connectivity index is 1.67. The standard InChI is InChI=1S/C16H18FN3O/c1-11-6-12(2-3-14(11)17)8-18-16-7-15(19-10-20-16)13-4-5-21-9-13/h2-3,6-7,10,13H,4-5,8-9H2,1H3,(H,18,19,20)/t13-/m1/s1. The van der Waals surface area contributed by atoms with Gasteiger partial charge < -0.3 is 10.1 Å². The van der Waals surface area contributed by atoms with Crippen molar-refractivity contribution in [3.8, 4) is 0 Å². The molecule has 0 amide bonds. The van der Waals surface area contributed by atoms with E-state index in [1.807, 2.05) is 12.1 Å². The van der Waals surface area contributed by atoms with Gasteiger partial charge in [-0.15, -0.1) is 0 Å². The molecule has 21 heavy (non-hydrogen) atoms. The SMILES string of the molecule is Cc1cc(CNc2cc([C@@H]3CCOC3)ncn2)ccc1F. The van der Waals surface area contributed by atoms with Crippen molar-refractivity contribution in [1.29, 1.82) is 0 Å². The lowest BCUT2D eigenvalue weighted by Crippen LogP contribution is -2.06. The van der Waals surface area contributed by atoms with Gasteiger partial charge in [0.05, 0.1) is 12.3 Å². The van der Waals surface area contributed by atoms with Crippen molar-refractivity contribution >= 4 is 5.82 Å². The van der Waals surface area contributed by atoms with E-state index in [1.54, 1.807) is 19.3 Å². The molecule has 0 radical (unpaired) electrons. The van der Waals surface area contributed by atoms with Gasteiger partial charge in [0.25, 0.3) is 0 Å². The molecule has 3 rings (SSSR count). The lowest BCUT2D eigenvalue weighted by molar-refractivity contribution is 0.193. The number of nitrogens with one attached hydrogen (secondary N) is 1. The van der Waals surface area contributed by atoms with Crippen LogP contribution in [0.4, 0.5) is 10.2 Å². The van der Waals surface area contributed by atoms with E-state index in [-0.39, 0.29) is 5.82 Å². The van der Waals surface area contributed by atoms with E-state index in [4.69, 9.17) is 4.74 Å². The Morgan fingerprint density at radius 1 is 1.33 bits per heavy atom. The minimum Gasteiger partial charge on any atom is -0.381 e. The second-order valence-electron chi connectivity index (χ2n) is 5.33. The highest BCUT2D eigenvalue weighted by Crippen LogP contribution is 2.24. The molecule has 1 N–H and O–H groups in total.